The smallest absolute Gasteiger partial charge is 0.121 e. The second-order valence-electron chi connectivity index (χ2n) is 4.96. The summed E-state index contributed by atoms with van der Waals surface area (Å²) >= 11 is 0. The molecule has 4 heteroatoms. The fourth-order valence-corrected chi connectivity index (χ4v) is 2.58. The van der Waals surface area contributed by atoms with E-state index in [0.29, 0.717) is 5.92 Å². The molecule has 0 saturated carbocycles. The van der Waals surface area contributed by atoms with Crippen molar-refractivity contribution in [1.29, 1.82) is 0 Å². The lowest BCUT2D eigenvalue weighted by Crippen LogP contribution is -2.21. The molecule has 2 rings (SSSR count). The zero-order valence-electron chi connectivity index (χ0n) is 11.2. The molecule has 1 saturated heterocycles. The summed E-state index contributed by atoms with van der Waals surface area (Å²) in [7, 11) is 3.44. The van der Waals surface area contributed by atoms with Gasteiger partial charge >= 0.3 is 0 Å². The first-order valence-corrected chi connectivity index (χ1v) is 6.36. The van der Waals surface area contributed by atoms with Crippen molar-refractivity contribution < 1.29 is 9.47 Å². The Morgan fingerprint density at radius 1 is 1.33 bits per heavy atom. The lowest BCUT2D eigenvalue weighted by atomic mass is 10.1. The van der Waals surface area contributed by atoms with Crippen molar-refractivity contribution in [3.05, 3.63) is 23.8 Å². The van der Waals surface area contributed by atoms with Gasteiger partial charge in [-0.05, 0) is 36.6 Å². The minimum atomic E-state index is 0.665. The van der Waals surface area contributed by atoms with Crippen molar-refractivity contribution in [3.63, 3.8) is 0 Å². The second-order valence-corrected chi connectivity index (χ2v) is 4.96. The van der Waals surface area contributed by atoms with Gasteiger partial charge in [-0.25, -0.2) is 0 Å². The molecule has 1 heterocycles. The van der Waals surface area contributed by atoms with E-state index in [2.05, 4.69) is 11.0 Å². The molecule has 0 spiro atoms. The zero-order chi connectivity index (χ0) is 13.0. The van der Waals surface area contributed by atoms with E-state index in [1.165, 1.54) is 12.0 Å². The number of nitrogen functional groups attached to an aromatic ring is 1. The molecule has 1 aliphatic heterocycles. The second kappa shape index (κ2) is 6.07. The molecule has 4 nitrogen and oxygen atoms in total. The van der Waals surface area contributed by atoms with Crippen LogP contribution in [0.3, 0.4) is 0 Å². The lowest BCUT2D eigenvalue weighted by Gasteiger charge is -2.16. The minimum Gasteiger partial charge on any atom is -0.497 e. The normalized spacial score (nSPS) is 20.2. The van der Waals surface area contributed by atoms with Crippen LogP contribution in [0.25, 0.3) is 0 Å². The first-order valence-electron chi connectivity index (χ1n) is 6.36. The Morgan fingerprint density at radius 2 is 2.17 bits per heavy atom. The van der Waals surface area contributed by atoms with Crippen molar-refractivity contribution in [2.45, 2.75) is 13.0 Å². The molecule has 18 heavy (non-hydrogen) atoms. The maximum atomic E-state index is 5.87. The van der Waals surface area contributed by atoms with Crippen molar-refractivity contribution in [2.24, 2.45) is 5.92 Å². The number of rotatable bonds is 5. The Kier molecular flexibility index (Phi) is 4.44. The highest BCUT2D eigenvalue weighted by Gasteiger charge is 2.22. The number of benzene rings is 1. The summed E-state index contributed by atoms with van der Waals surface area (Å²) in [5, 5.41) is 0. The van der Waals surface area contributed by atoms with Crippen LogP contribution in [-0.2, 0) is 11.3 Å². The number of nitrogens with two attached hydrogens (primary N) is 1. The maximum Gasteiger partial charge on any atom is 0.121 e. The van der Waals surface area contributed by atoms with E-state index in [1.54, 1.807) is 14.2 Å². The summed E-state index contributed by atoms with van der Waals surface area (Å²) in [6.07, 6.45) is 1.22. The summed E-state index contributed by atoms with van der Waals surface area (Å²) in [5.41, 5.74) is 7.84. The molecule has 0 aromatic heterocycles. The third-order valence-electron chi connectivity index (χ3n) is 3.40. The van der Waals surface area contributed by atoms with E-state index < -0.39 is 0 Å². The van der Waals surface area contributed by atoms with Gasteiger partial charge in [0.15, 0.2) is 0 Å². The van der Waals surface area contributed by atoms with Crippen LogP contribution >= 0.6 is 0 Å². The highest BCUT2D eigenvalue weighted by atomic mass is 16.5. The van der Waals surface area contributed by atoms with Crippen LogP contribution in [0.1, 0.15) is 12.0 Å². The maximum absolute atomic E-state index is 5.87. The van der Waals surface area contributed by atoms with Crippen molar-refractivity contribution in [3.8, 4) is 5.75 Å². The topological polar surface area (TPSA) is 47.7 Å². The molecule has 2 N–H and O–H groups in total. The Bertz CT molecular complexity index is 395. The first kappa shape index (κ1) is 13.2. The van der Waals surface area contributed by atoms with Crippen molar-refractivity contribution in [2.75, 3.05) is 39.6 Å². The number of hydrogen-bond acceptors (Lipinski definition) is 4. The Labute approximate surface area is 109 Å². The molecule has 1 aromatic rings. The van der Waals surface area contributed by atoms with E-state index >= 15 is 0 Å². The SMILES string of the molecule is COCC1CCN(Cc2cc(N)cc(OC)c2)C1. The lowest BCUT2D eigenvalue weighted by molar-refractivity contribution is 0.152. The van der Waals surface area contributed by atoms with Crippen molar-refractivity contribution in [1.82, 2.24) is 4.90 Å². The Hall–Kier alpha value is -1.26. The van der Waals surface area contributed by atoms with Gasteiger partial charge in [0.05, 0.1) is 13.7 Å². The highest BCUT2D eigenvalue weighted by Crippen LogP contribution is 2.23. The molecular weight excluding hydrogens is 228 g/mol. The summed E-state index contributed by atoms with van der Waals surface area (Å²) in [6.45, 7) is 4.02. The molecule has 0 bridgehead atoms. The third kappa shape index (κ3) is 3.37. The summed E-state index contributed by atoms with van der Waals surface area (Å²) in [5.74, 6) is 1.50. The number of nitrogens with zero attached hydrogens (tertiary/aromatic N) is 1. The van der Waals surface area contributed by atoms with Crippen LogP contribution in [0.5, 0.6) is 5.75 Å². The van der Waals surface area contributed by atoms with E-state index in [9.17, 15) is 0 Å². The Morgan fingerprint density at radius 3 is 2.89 bits per heavy atom. The van der Waals surface area contributed by atoms with Gasteiger partial charge in [0.1, 0.15) is 5.75 Å². The van der Waals surface area contributed by atoms with Gasteiger partial charge in [-0.1, -0.05) is 0 Å². The van der Waals surface area contributed by atoms with Crippen LogP contribution in [0, 0.1) is 5.92 Å². The van der Waals surface area contributed by atoms with Crippen LogP contribution < -0.4 is 10.5 Å². The molecule has 0 amide bonds. The third-order valence-corrected chi connectivity index (χ3v) is 3.40. The fraction of sp³-hybridized carbons (Fsp3) is 0.571. The molecular formula is C14H22N2O2. The van der Waals surface area contributed by atoms with E-state index in [1.807, 2.05) is 12.1 Å². The Balaban J connectivity index is 1.95. The highest BCUT2D eigenvalue weighted by molar-refractivity contribution is 5.47. The zero-order valence-corrected chi connectivity index (χ0v) is 11.2. The van der Waals surface area contributed by atoms with Crippen LogP contribution in [-0.4, -0.2) is 38.8 Å². The molecule has 1 aromatic carbocycles. The van der Waals surface area contributed by atoms with Gasteiger partial charge in [-0.3, -0.25) is 4.90 Å². The van der Waals surface area contributed by atoms with Crippen LogP contribution in [0.15, 0.2) is 18.2 Å². The average Bonchev–Trinajstić information content (AvgIpc) is 2.76. The summed E-state index contributed by atoms with van der Waals surface area (Å²) < 4.78 is 10.5. The molecule has 1 atom stereocenters. The largest absolute Gasteiger partial charge is 0.497 e. The van der Waals surface area contributed by atoms with E-state index in [0.717, 1.165) is 37.7 Å². The average molecular weight is 250 g/mol. The molecule has 0 aliphatic carbocycles. The van der Waals surface area contributed by atoms with Gasteiger partial charge in [-0.15, -0.1) is 0 Å². The van der Waals surface area contributed by atoms with Gasteiger partial charge < -0.3 is 15.2 Å². The van der Waals surface area contributed by atoms with Crippen LogP contribution in [0.2, 0.25) is 0 Å². The van der Waals surface area contributed by atoms with Gasteiger partial charge in [0.2, 0.25) is 0 Å². The molecule has 1 unspecified atom stereocenters. The number of methoxy groups -OCH3 is 2. The van der Waals surface area contributed by atoms with E-state index in [-0.39, 0.29) is 0 Å². The monoisotopic (exact) mass is 250 g/mol. The van der Waals surface area contributed by atoms with Crippen LogP contribution in [0.4, 0.5) is 5.69 Å². The number of ether oxygens (including phenoxy) is 2. The number of hydrogen-bond donors (Lipinski definition) is 1. The van der Waals surface area contributed by atoms with Gasteiger partial charge in [0.25, 0.3) is 0 Å². The standard InChI is InChI=1S/C14H22N2O2/c1-17-10-11-3-4-16(8-11)9-12-5-13(15)7-14(6-12)18-2/h5-7,11H,3-4,8-10,15H2,1-2H3. The quantitative estimate of drug-likeness (QED) is 0.809. The predicted molar refractivity (Wildman–Crippen MR) is 72.7 cm³/mol. The van der Waals surface area contributed by atoms with E-state index in [4.69, 9.17) is 15.2 Å². The predicted octanol–water partition coefficient (Wildman–Crippen LogP) is 1.75. The molecule has 0 radical (unpaired) electrons. The van der Waals surface area contributed by atoms with Gasteiger partial charge in [-0.2, -0.15) is 0 Å². The fourth-order valence-electron chi connectivity index (χ4n) is 2.58. The summed E-state index contributed by atoms with van der Waals surface area (Å²) in [6, 6.07) is 5.92. The van der Waals surface area contributed by atoms with Crippen molar-refractivity contribution >= 4 is 5.69 Å². The molecule has 1 aliphatic rings. The first-order chi connectivity index (χ1) is 8.71. The minimum absolute atomic E-state index is 0.665. The molecule has 100 valence electrons. The number of anilines is 1. The molecule has 1 fully saturated rings. The summed E-state index contributed by atoms with van der Waals surface area (Å²) in [4.78, 5) is 2.44. The van der Waals surface area contributed by atoms with Gasteiger partial charge in [0, 0.05) is 32.0 Å². The number of likely N-dealkylation sites (tertiary alicyclic amines) is 1.